The number of fused-ring (bicyclic) bond motifs is 8. The van der Waals surface area contributed by atoms with Gasteiger partial charge in [-0.1, -0.05) is 189 Å². The van der Waals surface area contributed by atoms with Gasteiger partial charge in [0.2, 0.25) is 0 Å². The van der Waals surface area contributed by atoms with E-state index in [2.05, 4.69) is 188 Å². The van der Waals surface area contributed by atoms with Gasteiger partial charge in [-0.15, -0.1) is 0 Å². The van der Waals surface area contributed by atoms with Gasteiger partial charge in [0.15, 0.2) is 0 Å². The second-order valence-corrected chi connectivity index (χ2v) is 17.8. The lowest BCUT2D eigenvalue weighted by atomic mass is 9.82. The van der Waals surface area contributed by atoms with Gasteiger partial charge in [-0.3, -0.25) is 0 Å². The molecule has 8 aromatic carbocycles. The topological polar surface area (TPSA) is 0 Å². The third-order valence-corrected chi connectivity index (χ3v) is 14.5. The van der Waals surface area contributed by atoms with E-state index in [1.54, 1.807) is 11.1 Å². The molecular formula is C59H48. The van der Waals surface area contributed by atoms with Crippen molar-refractivity contribution in [1.82, 2.24) is 0 Å². The Morgan fingerprint density at radius 1 is 0.322 bits per heavy atom. The van der Waals surface area contributed by atoms with Crippen LogP contribution < -0.4 is 0 Å². The molecule has 0 heteroatoms. The van der Waals surface area contributed by atoms with Crippen molar-refractivity contribution in [2.24, 2.45) is 5.92 Å². The van der Waals surface area contributed by atoms with Crippen LogP contribution in [0.2, 0.25) is 0 Å². The molecule has 0 saturated heterocycles. The highest BCUT2D eigenvalue weighted by atomic mass is 14.5. The summed E-state index contributed by atoms with van der Waals surface area (Å²) in [6.45, 7) is 0. The summed E-state index contributed by atoms with van der Waals surface area (Å²) in [5, 5.41) is 0. The van der Waals surface area contributed by atoms with Gasteiger partial charge < -0.3 is 0 Å². The van der Waals surface area contributed by atoms with Gasteiger partial charge in [0.1, 0.15) is 0 Å². The Labute approximate surface area is 349 Å². The zero-order valence-corrected chi connectivity index (χ0v) is 33.5. The average molecular weight is 757 g/mol. The lowest BCUT2D eigenvalue weighted by Crippen LogP contribution is -2.11. The quantitative estimate of drug-likeness (QED) is 0.158. The fraction of sp³-hybridized carbons (Fsp3) is 0.186. The third-order valence-electron chi connectivity index (χ3n) is 14.5. The second kappa shape index (κ2) is 14.2. The molecule has 4 atom stereocenters. The van der Waals surface area contributed by atoms with Crippen molar-refractivity contribution in [1.29, 1.82) is 0 Å². The Kier molecular flexibility index (Phi) is 8.39. The summed E-state index contributed by atoms with van der Waals surface area (Å²) < 4.78 is 0. The molecule has 59 heavy (non-hydrogen) atoms. The Balaban J connectivity index is 1.02. The van der Waals surface area contributed by atoms with Crippen molar-refractivity contribution in [3.05, 3.63) is 238 Å². The Bertz CT molecular complexity index is 2860. The maximum atomic E-state index is 2.64. The first-order valence-electron chi connectivity index (χ1n) is 22.1. The molecule has 12 rings (SSSR count). The summed E-state index contributed by atoms with van der Waals surface area (Å²) in [6.07, 6.45) is 7.78. The van der Waals surface area contributed by atoms with Crippen LogP contribution >= 0.6 is 0 Å². The van der Waals surface area contributed by atoms with E-state index in [1.807, 2.05) is 0 Å². The predicted molar refractivity (Wildman–Crippen MR) is 245 cm³/mol. The number of rotatable bonds is 6. The monoisotopic (exact) mass is 756 g/mol. The van der Waals surface area contributed by atoms with Crippen LogP contribution in [0.1, 0.15) is 106 Å². The van der Waals surface area contributed by atoms with Crippen LogP contribution in [-0.2, 0) is 6.42 Å². The fourth-order valence-corrected chi connectivity index (χ4v) is 11.9. The predicted octanol–water partition coefficient (Wildman–Crippen LogP) is 15.3. The van der Waals surface area contributed by atoms with E-state index in [9.17, 15) is 0 Å². The van der Waals surface area contributed by atoms with Gasteiger partial charge in [-0.2, -0.15) is 0 Å². The van der Waals surface area contributed by atoms with Crippen LogP contribution in [0.5, 0.6) is 0 Å². The molecule has 1 saturated carbocycles. The van der Waals surface area contributed by atoms with E-state index in [0.717, 1.165) is 6.42 Å². The van der Waals surface area contributed by atoms with Crippen molar-refractivity contribution in [3.8, 4) is 44.5 Å². The van der Waals surface area contributed by atoms with Crippen LogP contribution in [0.4, 0.5) is 0 Å². The smallest absolute Gasteiger partial charge is 0.0352 e. The van der Waals surface area contributed by atoms with Gasteiger partial charge in [0, 0.05) is 17.8 Å². The van der Waals surface area contributed by atoms with E-state index in [1.165, 1.54) is 116 Å². The molecule has 0 spiro atoms. The van der Waals surface area contributed by atoms with Crippen LogP contribution in [-0.4, -0.2) is 0 Å². The van der Waals surface area contributed by atoms with E-state index < -0.39 is 0 Å². The summed E-state index contributed by atoms with van der Waals surface area (Å²) in [5.41, 5.74) is 23.8. The largest absolute Gasteiger partial charge is 0.0622 e. The Morgan fingerprint density at radius 3 is 1.64 bits per heavy atom. The summed E-state index contributed by atoms with van der Waals surface area (Å²) in [7, 11) is 0. The lowest BCUT2D eigenvalue weighted by Gasteiger charge is -2.23. The van der Waals surface area contributed by atoms with E-state index in [4.69, 9.17) is 0 Å². The average Bonchev–Trinajstić information content (AvgIpc) is 3.95. The third kappa shape index (κ3) is 5.87. The molecule has 0 aromatic heterocycles. The minimum Gasteiger partial charge on any atom is -0.0622 e. The highest BCUT2D eigenvalue weighted by Gasteiger charge is 2.47. The first kappa shape index (κ1) is 34.8. The molecule has 0 nitrogen and oxygen atoms in total. The maximum Gasteiger partial charge on any atom is 0.0352 e. The molecule has 0 aliphatic heterocycles. The van der Waals surface area contributed by atoms with Gasteiger partial charge >= 0.3 is 0 Å². The van der Waals surface area contributed by atoms with Crippen molar-refractivity contribution >= 4 is 0 Å². The summed E-state index contributed by atoms with van der Waals surface area (Å²) in [6, 6.07) is 72.2. The van der Waals surface area contributed by atoms with Crippen molar-refractivity contribution in [2.75, 3.05) is 0 Å². The van der Waals surface area contributed by atoms with Crippen LogP contribution in [0.15, 0.2) is 188 Å². The van der Waals surface area contributed by atoms with Crippen molar-refractivity contribution in [2.45, 2.75) is 62.2 Å². The Hall–Kier alpha value is -6.24. The molecule has 4 aliphatic carbocycles. The molecule has 4 aliphatic rings. The first-order valence-corrected chi connectivity index (χ1v) is 22.1. The normalized spacial score (nSPS) is 20.1. The molecule has 0 heterocycles. The SMILES string of the molecule is c1ccc(-c2cccc(-c3cc(-c4cccc(C5CCCCC5)c4)cc(C4c5ccccc5-c5cc6c(cc54)CC4C(c5ccccc5)c5ccccc5C64)c3)c2)cc1. The highest BCUT2D eigenvalue weighted by molar-refractivity contribution is 5.85. The molecule has 8 aromatic rings. The molecule has 4 unspecified atom stereocenters. The summed E-state index contributed by atoms with van der Waals surface area (Å²) >= 11 is 0. The van der Waals surface area contributed by atoms with Crippen molar-refractivity contribution in [3.63, 3.8) is 0 Å². The van der Waals surface area contributed by atoms with Crippen molar-refractivity contribution < 1.29 is 0 Å². The van der Waals surface area contributed by atoms with Gasteiger partial charge in [-0.05, 0) is 144 Å². The van der Waals surface area contributed by atoms with Gasteiger partial charge in [0.25, 0.3) is 0 Å². The first-order chi connectivity index (χ1) is 29.2. The molecule has 1 fully saturated rings. The number of hydrogen-bond acceptors (Lipinski definition) is 0. The zero-order valence-electron chi connectivity index (χ0n) is 33.5. The minimum atomic E-state index is 0.154. The van der Waals surface area contributed by atoms with E-state index in [-0.39, 0.29) is 5.92 Å². The molecule has 0 amide bonds. The summed E-state index contributed by atoms with van der Waals surface area (Å²) in [4.78, 5) is 0. The van der Waals surface area contributed by atoms with Crippen LogP contribution in [0.25, 0.3) is 44.5 Å². The molecular weight excluding hydrogens is 709 g/mol. The number of benzene rings is 8. The fourth-order valence-electron chi connectivity index (χ4n) is 11.9. The zero-order chi connectivity index (χ0) is 38.9. The second-order valence-electron chi connectivity index (χ2n) is 17.8. The van der Waals surface area contributed by atoms with E-state index >= 15 is 0 Å². The van der Waals surface area contributed by atoms with Gasteiger partial charge in [0.05, 0.1) is 0 Å². The molecule has 0 radical (unpaired) electrons. The molecule has 284 valence electrons. The highest BCUT2D eigenvalue weighted by Crippen LogP contribution is 2.60. The van der Waals surface area contributed by atoms with Crippen LogP contribution in [0.3, 0.4) is 0 Å². The van der Waals surface area contributed by atoms with Gasteiger partial charge in [-0.25, -0.2) is 0 Å². The molecule has 0 bridgehead atoms. The maximum absolute atomic E-state index is 2.64. The van der Waals surface area contributed by atoms with Crippen LogP contribution in [0, 0.1) is 5.92 Å². The Morgan fingerprint density at radius 2 is 0.881 bits per heavy atom. The summed E-state index contributed by atoms with van der Waals surface area (Å²) in [5.74, 6) is 2.19. The molecule has 0 N–H and O–H groups in total. The minimum absolute atomic E-state index is 0.154. The number of hydrogen-bond donors (Lipinski definition) is 0. The lowest BCUT2D eigenvalue weighted by molar-refractivity contribution is 0.444. The van der Waals surface area contributed by atoms with E-state index in [0.29, 0.717) is 23.7 Å². The standard InChI is InChI=1S/C59H48/c1-4-16-38(17-5-1)41-22-14-24-43(30-41)45-32-46(44-25-15-23-42(31-44)39-18-6-2-7-19-39)34-48(33-45)58-50-27-11-10-26-49(50)54-37-53-47(35-55(54)58)36-56-57(40-20-8-3-9-21-40)51-28-12-13-29-52(51)59(53)56/h1,3-5,8-17,20-35,37,39,56-59H,2,6-7,18-19,36H2.